The molecule has 1 N–H and O–H groups in total. The molecule has 5 aromatic heterocycles. The van der Waals surface area contributed by atoms with E-state index < -0.39 is 0 Å². The van der Waals surface area contributed by atoms with E-state index in [2.05, 4.69) is 34.5 Å². The van der Waals surface area contributed by atoms with E-state index in [1.807, 2.05) is 42.2 Å². The number of aryl methyl sites for hydroxylation is 3. The lowest BCUT2D eigenvalue weighted by atomic mass is 10.1. The Bertz CT molecular complexity index is 1550. The zero-order valence-corrected chi connectivity index (χ0v) is 19.3. The van der Waals surface area contributed by atoms with Crippen LogP contribution in [0.2, 0.25) is 0 Å². The van der Waals surface area contributed by atoms with E-state index in [9.17, 15) is 9.59 Å². The van der Waals surface area contributed by atoms with Crippen molar-refractivity contribution in [3.63, 3.8) is 0 Å². The zero-order valence-electron chi connectivity index (χ0n) is 18.4. The number of aromatic nitrogens is 5. The minimum atomic E-state index is -0.232. The standard InChI is InChI=1S/C24H22N6O2S/c1-15-4-5-21(33-15)20-12-25-23-19(18-11-27-29(3)13-18)9-17(14-30(20)23)24(32)26-10-16-6-7-28(2)22(31)8-16/h4-9,11-14H,10H2,1-3H3,(H,26,32). The van der Waals surface area contributed by atoms with Gasteiger partial charge in [-0.1, -0.05) is 0 Å². The lowest BCUT2D eigenvalue weighted by Crippen LogP contribution is -2.25. The summed E-state index contributed by atoms with van der Waals surface area (Å²) in [5, 5.41) is 7.21. The summed E-state index contributed by atoms with van der Waals surface area (Å²) in [6.07, 6.45) is 9.01. The van der Waals surface area contributed by atoms with Crippen molar-refractivity contribution in [1.29, 1.82) is 0 Å². The van der Waals surface area contributed by atoms with Gasteiger partial charge in [-0.25, -0.2) is 4.98 Å². The van der Waals surface area contributed by atoms with Crippen LogP contribution < -0.4 is 10.9 Å². The van der Waals surface area contributed by atoms with Gasteiger partial charge in [0.2, 0.25) is 0 Å². The van der Waals surface area contributed by atoms with Crippen molar-refractivity contribution < 1.29 is 4.79 Å². The number of rotatable bonds is 5. The number of pyridine rings is 2. The van der Waals surface area contributed by atoms with Crippen LogP contribution in [0.4, 0.5) is 0 Å². The number of carbonyl (C=O) groups excluding carboxylic acids is 1. The van der Waals surface area contributed by atoms with Crippen LogP contribution >= 0.6 is 11.3 Å². The zero-order chi connectivity index (χ0) is 23.1. The van der Waals surface area contributed by atoms with E-state index in [-0.39, 0.29) is 18.0 Å². The average Bonchev–Trinajstić information content (AvgIpc) is 3.53. The van der Waals surface area contributed by atoms with Crippen LogP contribution in [-0.2, 0) is 20.6 Å². The van der Waals surface area contributed by atoms with Crippen LogP contribution in [0.5, 0.6) is 0 Å². The van der Waals surface area contributed by atoms with Gasteiger partial charge in [-0.15, -0.1) is 11.3 Å². The van der Waals surface area contributed by atoms with Crippen molar-refractivity contribution in [3.8, 4) is 21.7 Å². The number of hydrogen-bond acceptors (Lipinski definition) is 5. The molecule has 0 unspecified atom stereocenters. The highest BCUT2D eigenvalue weighted by molar-refractivity contribution is 7.15. The summed E-state index contributed by atoms with van der Waals surface area (Å²) in [4.78, 5) is 32.0. The van der Waals surface area contributed by atoms with Crippen molar-refractivity contribution in [2.75, 3.05) is 0 Å². The normalized spacial score (nSPS) is 11.2. The van der Waals surface area contributed by atoms with Crippen LogP contribution in [0.15, 0.2) is 66.1 Å². The lowest BCUT2D eigenvalue weighted by Gasteiger charge is -2.10. The molecule has 0 aromatic carbocycles. The summed E-state index contributed by atoms with van der Waals surface area (Å²) in [5.74, 6) is -0.232. The van der Waals surface area contributed by atoms with Crippen molar-refractivity contribution in [3.05, 3.63) is 87.7 Å². The number of hydrogen-bond donors (Lipinski definition) is 1. The summed E-state index contributed by atoms with van der Waals surface area (Å²) in [6.45, 7) is 2.32. The summed E-state index contributed by atoms with van der Waals surface area (Å²) in [7, 11) is 3.55. The van der Waals surface area contributed by atoms with Gasteiger partial charge in [0, 0.05) is 61.3 Å². The monoisotopic (exact) mass is 458 g/mol. The van der Waals surface area contributed by atoms with Crippen LogP contribution in [-0.4, -0.2) is 29.6 Å². The topological polar surface area (TPSA) is 86.2 Å². The Morgan fingerprint density at radius 2 is 1.97 bits per heavy atom. The Hall–Kier alpha value is -3.98. The Labute approximate surface area is 193 Å². The number of carbonyl (C=O) groups is 1. The molecule has 0 spiro atoms. The third kappa shape index (κ3) is 3.98. The number of thiophene rings is 1. The first kappa shape index (κ1) is 20.9. The highest BCUT2D eigenvalue weighted by atomic mass is 32.1. The van der Waals surface area contributed by atoms with Gasteiger partial charge in [0.25, 0.3) is 11.5 Å². The number of imidazole rings is 1. The second-order valence-corrected chi connectivity index (χ2v) is 9.25. The number of nitrogens with one attached hydrogen (secondary N) is 1. The SMILES string of the molecule is Cc1ccc(-c2cnc3c(-c4cnn(C)c4)cc(C(=O)NCc4ccn(C)c(=O)c4)cn23)s1. The Kier molecular flexibility index (Phi) is 5.18. The molecular weight excluding hydrogens is 436 g/mol. The molecular formula is C24H22N6O2S. The molecule has 166 valence electrons. The molecule has 0 aliphatic heterocycles. The molecule has 0 bridgehead atoms. The van der Waals surface area contributed by atoms with E-state index in [1.165, 1.54) is 15.5 Å². The van der Waals surface area contributed by atoms with Crippen molar-refractivity contribution in [2.24, 2.45) is 14.1 Å². The lowest BCUT2D eigenvalue weighted by molar-refractivity contribution is 0.0950. The fraction of sp³-hybridized carbons (Fsp3) is 0.167. The highest BCUT2D eigenvalue weighted by Crippen LogP contribution is 2.32. The van der Waals surface area contributed by atoms with Crippen molar-refractivity contribution >= 4 is 22.9 Å². The summed E-state index contributed by atoms with van der Waals surface area (Å²) in [5.41, 5.74) is 4.51. The maximum absolute atomic E-state index is 13.1. The first-order valence-corrected chi connectivity index (χ1v) is 11.2. The molecule has 0 radical (unpaired) electrons. The minimum absolute atomic E-state index is 0.115. The van der Waals surface area contributed by atoms with Gasteiger partial charge in [-0.05, 0) is 36.8 Å². The fourth-order valence-corrected chi connectivity index (χ4v) is 4.60. The van der Waals surface area contributed by atoms with Crippen LogP contribution in [0.1, 0.15) is 20.8 Å². The molecule has 5 rings (SSSR count). The Balaban J connectivity index is 1.56. The van der Waals surface area contributed by atoms with E-state index in [4.69, 9.17) is 0 Å². The Morgan fingerprint density at radius 3 is 2.67 bits per heavy atom. The second-order valence-electron chi connectivity index (χ2n) is 7.96. The van der Waals surface area contributed by atoms with E-state index in [1.54, 1.807) is 35.5 Å². The van der Waals surface area contributed by atoms with Crippen LogP contribution in [0.3, 0.4) is 0 Å². The van der Waals surface area contributed by atoms with Gasteiger partial charge in [0.05, 0.1) is 28.5 Å². The molecule has 5 aromatic rings. The summed E-state index contributed by atoms with van der Waals surface area (Å²) < 4.78 is 5.17. The van der Waals surface area contributed by atoms with Gasteiger partial charge in [0.1, 0.15) is 5.65 Å². The summed E-state index contributed by atoms with van der Waals surface area (Å²) in [6, 6.07) is 9.32. The van der Waals surface area contributed by atoms with Crippen molar-refractivity contribution in [2.45, 2.75) is 13.5 Å². The van der Waals surface area contributed by atoms with E-state index in [0.717, 1.165) is 32.9 Å². The number of nitrogens with zero attached hydrogens (tertiary/aromatic N) is 5. The largest absolute Gasteiger partial charge is 0.348 e. The fourth-order valence-electron chi connectivity index (χ4n) is 3.72. The Morgan fingerprint density at radius 1 is 1.12 bits per heavy atom. The molecule has 0 saturated carbocycles. The molecule has 33 heavy (non-hydrogen) atoms. The average molecular weight is 459 g/mol. The molecule has 0 saturated heterocycles. The molecule has 0 fully saturated rings. The molecule has 9 heteroatoms. The van der Waals surface area contributed by atoms with Gasteiger partial charge in [-0.2, -0.15) is 5.10 Å². The predicted octanol–water partition coefficient (Wildman–Crippen LogP) is 3.40. The molecule has 5 heterocycles. The molecule has 8 nitrogen and oxygen atoms in total. The first-order chi connectivity index (χ1) is 15.9. The first-order valence-electron chi connectivity index (χ1n) is 10.4. The van der Waals surface area contributed by atoms with Crippen LogP contribution in [0.25, 0.3) is 27.3 Å². The van der Waals surface area contributed by atoms with Gasteiger partial charge < -0.3 is 9.88 Å². The summed E-state index contributed by atoms with van der Waals surface area (Å²) >= 11 is 1.68. The maximum atomic E-state index is 13.1. The van der Waals surface area contributed by atoms with Gasteiger partial charge in [0.15, 0.2) is 0 Å². The van der Waals surface area contributed by atoms with Crippen LogP contribution in [0, 0.1) is 6.92 Å². The quantitative estimate of drug-likeness (QED) is 0.437. The smallest absolute Gasteiger partial charge is 0.253 e. The molecule has 0 aliphatic rings. The highest BCUT2D eigenvalue weighted by Gasteiger charge is 2.17. The van der Waals surface area contributed by atoms with Gasteiger partial charge >= 0.3 is 0 Å². The maximum Gasteiger partial charge on any atom is 0.253 e. The van der Waals surface area contributed by atoms with Gasteiger partial charge in [-0.3, -0.25) is 18.7 Å². The molecule has 0 atom stereocenters. The third-order valence-corrected chi connectivity index (χ3v) is 6.52. The van der Waals surface area contributed by atoms with E-state index in [0.29, 0.717) is 5.56 Å². The third-order valence-electron chi connectivity index (χ3n) is 5.50. The van der Waals surface area contributed by atoms with E-state index >= 15 is 0 Å². The van der Waals surface area contributed by atoms with Crippen molar-refractivity contribution in [1.82, 2.24) is 29.0 Å². The number of amides is 1. The molecule has 1 amide bonds. The molecule has 0 aliphatic carbocycles. The second kappa shape index (κ2) is 8.18. The minimum Gasteiger partial charge on any atom is -0.348 e. The number of fused-ring (bicyclic) bond motifs is 1. The predicted molar refractivity (Wildman–Crippen MR) is 128 cm³/mol.